The summed E-state index contributed by atoms with van der Waals surface area (Å²) >= 11 is 0. The zero-order valence-electron chi connectivity index (χ0n) is 24.2. The van der Waals surface area contributed by atoms with Gasteiger partial charge in [-0.1, -0.05) is 32.6 Å². The molecule has 0 radical (unpaired) electrons. The van der Waals surface area contributed by atoms with E-state index < -0.39 is 21.3 Å². The van der Waals surface area contributed by atoms with Gasteiger partial charge in [0.25, 0.3) is 0 Å². The number of hydrogen-bond donors (Lipinski definition) is 1. The van der Waals surface area contributed by atoms with Crippen LogP contribution < -0.4 is 16.3 Å². The smallest absolute Gasteiger partial charge is 0.355 e. The molecule has 12 nitrogen and oxygen atoms in total. The first-order chi connectivity index (χ1) is 20.3. The van der Waals surface area contributed by atoms with Crippen molar-refractivity contribution in [1.29, 1.82) is 0 Å². The van der Waals surface area contributed by atoms with E-state index in [1.807, 2.05) is 25.7 Å². The molecule has 1 fully saturated rings. The first-order valence-corrected chi connectivity index (χ1v) is 15.4. The number of pyridine rings is 1. The van der Waals surface area contributed by atoms with Crippen LogP contribution in [0.5, 0.6) is 0 Å². The quantitative estimate of drug-likeness (QED) is 0.324. The molecule has 43 heavy (non-hydrogen) atoms. The van der Waals surface area contributed by atoms with Gasteiger partial charge in [-0.2, -0.15) is 4.98 Å². The average molecular weight is 607 g/mol. The van der Waals surface area contributed by atoms with E-state index in [1.54, 1.807) is 17.0 Å². The second-order valence-corrected chi connectivity index (χ2v) is 12.7. The lowest BCUT2D eigenvalue weighted by Crippen LogP contribution is -2.54. The molecule has 0 spiro atoms. The largest absolute Gasteiger partial charge is 0.396 e. The molecule has 5 rings (SSSR count). The minimum atomic E-state index is -3.84. The molecule has 1 saturated heterocycles. The third-order valence-corrected chi connectivity index (χ3v) is 8.56. The van der Waals surface area contributed by atoms with Gasteiger partial charge in [0.15, 0.2) is 21.3 Å². The summed E-state index contributed by atoms with van der Waals surface area (Å²) < 4.78 is 43.0. The highest BCUT2D eigenvalue weighted by Crippen LogP contribution is 2.35. The number of carbonyl (C=O) groups excluding carboxylic acids is 1. The number of aromatic nitrogens is 5. The van der Waals surface area contributed by atoms with E-state index in [2.05, 4.69) is 26.5 Å². The number of halogens is 1. The van der Waals surface area contributed by atoms with Crippen molar-refractivity contribution in [3.63, 3.8) is 0 Å². The number of nitrogen functional groups attached to an aromatic ring is 1. The molecule has 0 aliphatic carbocycles. The number of fused-ring (bicyclic) bond motifs is 1. The topological polar surface area (TPSA) is 157 Å². The molecule has 0 bridgehead atoms. The molecule has 1 amide bonds. The van der Waals surface area contributed by atoms with Crippen LogP contribution in [0.4, 0.5) is 15.9 Å². The van der Waals surface area contributed by atoms with Gasteiger partial charge >= 0.3 is 5.69 Å². The summed E-state index contributed by atoms with van der Waals surface area (Å²) in [5.74, 6) is -1.05. The Morgan fingerprint density at radius 3 is 2.58 bits per heavy atom. The second-order valence-electron chi connectivity index (χ2n) is 10.7. The SMILES string of the molecule is C=CC(=O)N1CCN(c2nc(=O)n(-c3c(C(C)C)cccc3S(C)(=O)=O)c3nc(-c4ncncc4N)c(F)cc23)[C@@H](C)C1. The molecule has 224 valence electrons. The number of para-hydroxylation sites is 1. The van der Waals surface area contributed by atoms with Crippen LogP contribution >= 0.6 is 0 Å². The molecule has 4 aromatic rings. The van der Waals surface area contributed by atoms with Crippen LogP contribution in [0, 0.1) is 5.82 Å². The number of rotatable bonds is 6. The van der Waals surface area contributed by atoms with Crippen molar-refractivity contribution < 1.29 is 17.6 Å². The molecule has 4 heterocycles. The first-order valence-electron chi connectivity index (χ1n) is 13.5. The Balaban J connectivity index is 1.88. The first kappa shape index (κ1) is 29.8. The van der Waals surface area contributed by atoms with Crippen molar-refractivity contribution in [3.8, 4) is 17.1 Å². The highest BCUT2D eigenvalue weighted by Gasteiger charge is 2.31. The van der Waals surface area contributed by atoms with Crippen molar-refractivity contribution in [1.82, 2.24) is 29.4 Å². The fourth-order valence-electron chi connectivity index (χ4n) is 5.38. The number of benzene rings is 1. The Morgan fingerprint density at radius 2 is 1.95 bits per heavy atom. The molecular weight excluding hydrogens is 575 g/mol. The highest BCUT2D eigenvalue weighted by molar-refractivity contribution is 7.90. The molecule has 0 saturated carbocycles. The van der Waals surface area contributed by atoms with Gasteiger partial charge in [-0.3, -0.25) is 4.79 Å². The Bertz CT molecular complexity index is 1940. The van der Waals surface area contributed by atoms with Crippen molar-refractivity contribution in [2.24, 2.45) is 0 Å². The van der Waals surface area contributed by atoms with Crippen LogP contribution in [0.15, 0.2) is 59.1 Å². The number of anilines is 2. The van der Waals surface area contributed by atoms with Crippen LogP contribution in [-0.2, 0) is 14.6 Å². The lowest BCUT2D eigenvalue weighted by atomic mass is 10.0. The summed E-state index contributed by atoms with van der Waals surface area (Å²) in [6.45, 7) is 10.1. The number of sulfone groups is 1. The maximum atomic E-state index is 15.9. The summed E-state index contributed by atoms with van der Waals surface area (Å²) in [4.78, 5) is 46.6. The zero-order valence-corrected chi connectivity index (χ0v) is 25.0. The molecule has 1 aliphatic rings. The molecule has 1 aromatic carbocycles. The van der Waals surface area contributed by atoms with E-state index in [9.17, 15) is 18.0 Å². The fraction of sp³-hybridized carbons (Fsp3) is 0.310. The molecule has 2 N–H and O–H groups in total. The summed E-state index contributed by atoms with van der Waals surface area (Å²) in [6, 6.07) is 5.64. The Kier molecular flexibility index (Phi) is 7.73. The number of hydrogen-bond acceptors (Lipinski definition) is 10. The number of nitrogens with zero attached hydrogens (tertiary/aromatic N) is 7. The maximum Gasteiger partial charge on any atom is 0.355 e. The van der Waals surface area contributed by atoms with Crippen LogP contribution in [0.1, 0.15) is 32.3 Å². The van der Waals surface area contributed by atoms with Gasteiger partial charge in [0.05, 0.1) is 27.9 Å². The minimum Gasteiger partial charge on any atom is -0.396 e. The lowest BCUT2D eigenvalue weighted by molar-refractivity contribution is -0.126. The molecule has 1 aliphatic heterocycles. The predicted octanol–water partition coefficient (Wildman–Crippen LogP) is 2.71. The summed E-state index contributed by atoms with van der Waals surface area (Å²) in [6.07, 6.45) is 4.79. The van der Waals surface area contributed by atoms with Gasteiger partial charge < -0.3 is 15.5 Å². The van der Waals surface area contributed by atoms with E-state index in [0.717, 1.165) is 10.8 Å². The van der Waals surface area contributed by atoms with Crippen LogP contribution in [0.2, 0.25) is 0 Å². The van der Waals surface area contributed by atoms with E-state index in [-0.39, 0.29) is 62.4 Å². The van der Waals surface area contributed by atoms with Gasteiger partial charge in [0, 0.05) is 31.9 Å². The van der Waals surface area contributed by atoms with Crippen molar-refractivity contribution in [2.45, 2.75) is 37.6 Å². The lowest BCUT2D eigenvalue weighted by Gasteiger charge is -2.40. The Morgan fingerprint density at radius 1 is 1.21 bits per heavy atom. The number of piperazine rings is 1. The van der Waals surface area contributed by atoms with Crippen molar-refractivity contribution in [2.75, 3.05) is 36.5 Å². The number of amides is 1. The molecular formula is C29H31FN8O4S. The van der Waals surface area contributed by atoms with E-state index in [1.165, 1.54) is 30.7 Å². The van der Waals surface area contributed by atoms with Gasteiger partial charge in [0.1, 0.15) is 23.5 Å². The molecule has 0 unspecified atom stereocenters. The third-order valence-electron chi connectivity index (χ3n) is 7.43. The van der Waals surface area contributed by atoms with Crippen molar-refractivity contribution >= 4 is 38.3 Å². The van der Waals surface area contributed by atoms with Gasteiger partial charge in [-0.15, -0.1) is 0 Å². The third kappa shape index (κ3) is 5.33. The zero-order chi connectivity index (χ0) is 31.2. The van der Waals surface area contributed by atoms with Gasteiger partial charge in [-0.05, 0) is 36.6 Å². The van der Waals surface area contributed by atoms with Crippen LogP contribution in [0.25, 0.3) is 28.1 Å². The maximum absolute atomic E-state index is 15.9. The molecule has 3 aromatic heterocycles. The average Bonchev–Trinajstić information content (AvgIpc) is 2.96. The minimum absolute atomic E-state index is 0.0113. The summed E-state index contributed by atoms with van der Waals surface area (Å²) in [7, 11) is -3.84. The monoisotopic (exact) mass is 606 g/mol. The normalized spacial score (nSPS) is 15.7. The van der Waals surface area contributed by atoms with Gasteiger partial charge in [0.2, 0.25) is 5.91 Å². The van der Waals surface area contributed by atoms with Crippen molar-refractivity contribution in [3.05, 3.63) is 71.3 Å². The number of carbonyl (C=O) groups is 1. The standard InChI is InChI=1S/C29H31FN8O4S/c1-6-23(39)36-10-11-37(17(4)14-36)27-19-12-20(30)24(25-21(31)13-32-15-33-25)34-28(19)38(29(40)35-27)26-18(16(2)3)8-7-9-22(26)43(5,41)42/h6-9,12-13,15-17H,1,10-11,14,31H2,2-5H3/t17-/m0/s1. The number of nitrogens with two attached hydrogens (primary N) is 1. The van der Waals surface area contributed by atoms with Gasteiger partial charge in [-0.25, -0.2) is 37.1 Å². The summed E-state index contributed by atoms with van der Waals surface area (Å²) in [5, 5.41) is 0.168. The Hall–Kier alpha value is -4.72. The molecule has 14 heteroatoms. The van der Waals surface area contributed by atoms with Crippen LogP contribution in [0.3, 0.4) is 0 Å². The summed E-state index contributed by atoms with van der Waals surface area (Å²) in [5.41, 5.74) is 5.70. The highest BCUT2D eigenvalue weighted by atomic mass is 32.2. The second kappa shape index (κ2) is 11.2. The Labute approximate surface area is 247 Å². The van der Waals surface area contributed by atoms with E-state index in [4.69, 9.17) is 5.73 Å². The fourth-order valence-corrected chi connectivity index (χ4v) is 6.26. The molecule has 1 atom stereocenters. The predicted molar refractivity (Wildman–Crippen MR) is 161 cm³/mol. The van der Waals surface area contributed by atoms with E-state index >= 15 is 4.39 Å². The van der Waals surface area contributed by atoms with E-state index in [0.29, 0.717) is 25.2 Å². The van der Waals surface area contributed by atoms with Crippen LogP contribution in [-0.4, -0.2) is 75.7 Å².